The lowest BCUT2D eigenvalue weighted by molar-refractivity contribution is -0.114. The van der Waals surface area contributed by atoms with E-state index in [4.69, 9.17) is 4.42 Å². The molecule has 0 saturated carbocycles. The van der Waals surface area contributed by atoms with Crippen molar-refractivity contribution in [3.05, 3.63) is 60.1 Å². The fourth-order valence-corrected chi connectivity index (χ4v) is 1.59. The van der Waals surface area contributed by atoms with Gasteiger partial charge >= 0.3 is 0 Å². The molecule has 0 saturated heterocycles. The fraction of sp³-hybridized carbons (Fsp3) is 0.0667. The van der Waals surface area contributed by atoms with Crippen LogP contribution < -0.4 is 5.32 Å². The molecule has 1 amide bonds. The standard InChI is InChI=1S/C15H13NO3/c1-11(17)16-13-5-2-4-12(10-13)15(18)8-7-14-6-3-9-19-14/h2-10H,1H3,(H,16,17)/b8-7+. The first-order valence-electron chi connectivity index (χ1n) is 5.79. The predicted octanol–water partition coefficient (Wildman–Crippen LogP) is 3.13. The Morgan fingerprint density at radius 1 is 1.21 bits per heavy atom. The monoisotopic (exact) mass is 255 g/mol. The molecule has 0 spiro atoms. The summed E-state index contributed by atoms with van der Waals surface area (Å²) in [4.78, 5) is 22.9. The summed E-state index contributed by atoms with van der Waals surface area (Å²) < 4.78 is 5.10. The lowest BCUT2D eigenvalue weighted by atomic mass is 10.1. The number of furan rings is 1. The molecule has 0 bridgehead atoms. The Morgan fingerprint density at radius 2 is 2.05 bits per heavy atom. The molecule has 0 aliphatic rings. The molecular formula is C15H13NO3. The predicted molar refractivity (Wildman–Crippen MR) is 72.8 cm³/mol. The molecule has 1 aromatic heterocycles. The van der Waals surface area contributed by atoms with E-state index >= 15 is 0 Å². The topological polar surface area (TPSA) is 59.3 Å². The van der Waals surface area contributed by atoms with Gasteiger partial charge < -0.3 is 9.73 Å². The van der Waals surface area contributed by atoms with Crippen molar-refractivity contribution in [3.63, 3.8) is 0 Å². The zero-order valence-electron chi connectivity index (χ0n) is 10.4. The minimum atomic E-state index is -0.171. The van der Waals surface area contributed by atoms with Gasteiger partial charge in [-0.25, -0.2) is 0 Å². The smallest absolute Gasteiger partial charge is 0.221 e. The van der Waals surface area contributed by atoms with Gasteiger partial charge in [0.1, 0.15) is 5.76 Å². The highest BCUT2D eigenvalue weighted by Gasteiger charge is 2.04. The number of anilines is 1. The van der Waals surface area contributed by atoms with Crippen LogP contribution in [0.5, 0.6) is 0 Å². The third kappa shape index (κ3) is 3.67. The molecule has 1 N–H and O–H groups in total. The molecule has 0 unspecified atom stereocenters. The van der Waals surface area contributed by atoms with Gasteiger partial charge in [-0.3, -0.25) is 9.59 Å². The van der Waals surface area contributed by atoms with Crippen LogP contribution in [0.15, 0.2) is 53.2 Å². The van der Waals surface area contributed by atoms with Crippen molar-refractivity contribution >= 4 is 23.5 Å². The van der Waals surface area contributed by atoms with Crippen molar-refractivity contribution in [2.45, 2.75) is 6.92 Å². The van der Waals surface area contributed by atoms with Gasteiger partial charge in [0.15, 0.2) is 5.78 Å². The Hall–Kier alpha value is -2.62. The van der Waals surface area contributed by atoms with E-state index in [9.17, 15) is 9.59 Å². The van der Waals surface area contributed by atoms with Gasteiger partial charge in [0.25, 0.3) is 0 Å². The Labute approximate surface area is 110 Å². The van der Waals surface area contributed by atoms with Crippen LogP contribution in [0.4, 0.5) is 5.69 Å². The first-order valence-corrected chi connectivity index (χ1v) is 5.79. The quantitative estimate of drug-likeness (QED) is 0.674. The van der Waals surface area contributed by atoms with Gasteiger partial charge in [-0.15, -0.1) is 0 Å². The maximum Gasteiger partial charge on any atom is 0.221 e. The van der Waals surface area contributed by atoms with Gasteiger partial charge in [0.2, 0.25) is 5.91 Å². The van der Waals surface area contributed by atoms with Crippen molar-refractivity contribution < 1.29 is 14.0 Å². The Balaban J connectivity index is 2.13. The molecule has 4 heteroatoms. The van der Waals surface area contributed by atoms with E-state index in [0.717, 1.165) is 0 Å². The Morgan fingerprint density at radius 3 is 2.74 bits per heavy atom. The maximum atomic E-state index is 11.9. The minimum Gasteiger partial charge on any atom is -0.465 e. The molecule has 0 radical (unpaired) electrons. The first kappa shape index (κ1) is 12.8. The van der Waals surface area contributed by atoms with Crippen LogP contribution >= 0.6 is 0 Å². The number of amides is 1. The minimum absolute atomic E-state index is 0.149. The van der Waals surface area contributed by atoms with Crippen LogP contribution in [0.25, 0.3) is 6.08 Å². The van der Waals surface area contributed by atoms with Crippen molar-refractivity contribution in [2.24, 2.45) is 0 Å². The highest BCUT2D eigenvalue weighted by molar-refractivity contribution is 6.07. The summed E-state index contributed by atoms with van der Waals surface area (Å²) in [5.41, 5.74) is 1.11. The van der Waals surface area contributed by atoms with E-state index in [1.54, 1.807) is 48.7 Å². The number of allylic oxidation sites excluding steroid dienone is 1. The van der Waals surface area contributed by atoms with Crippen molar-refractivity contribution in [3.8, 4) is 0 Å². The van der Waals surface area contributed by atoms with E-state index < -0.39 is 0 Å². The van der Waals surface area contributed by atoms with Crippen LogP contribution in [0, 0.1) is 0 Å². The summed E-state index contributed by atoms with van der Waals surface area (Å²) in [7, 11) is 0. The molecule has 0 aliphatic carbocycles. The van der Waals surface area contributed by atoms with Gasteiger partial charge in [-0.05, 0) is 36.4 Å². The van der Waals surface area contributed by atoms with Crippen LogP contribution in [-0.4, -0.2) is 11.7 Å². The van der Waals surface area contributed by atoms with Gasteiger partial charge in [-0.2, -0.15) is 0 Å². The van der Waals surface area contributed by atoms with Crippen LogP contribution in [0.1, 0.15) is 23.0 Å². The average Bonchev–Trinajstić information content (AvgIpc) is 2.88. The number of carbonyl (C=O) groups is 2. The summed E-state index contributed by atoms with van der Waals surface area (Å²) in [6.07, 6.45) is 4.58. The van der Waals surface area contributed by atoms with Crippen LogP contribution in [-0.2, 0) is 4.79 Å². The van der Waals surface area contributed by atoms with Crippen molar-refractivity contribution in [1.82, 2.24) is 0 Å². The second kappa shape index (κ2) is 5.82. The second-order valence-corrected chi connectivity index (χ2v) is 3.97. The third-order valence-corrected chi connectivity index (χ3v) is 2.41. The highest BCUT2D eigenvalue weighted by Crippen LogP contribution is 2.12. The van der Waals surface area contributed by atoms with Crippen molar-refractivity contribution in [2.75, 3.05) is 5.32 Å². The van der Waals surface area contributed by atoms with E-state index in [2.05, 4.69) is 5.32 Å². The van der Waals surface area contributed by atoms with E-state index in [0.29, 0.717) is 17.0 Å². The molecule has 0 aliphatic heterocycles. The number of nitrogens with one attached hydrogen (secondary N) is 1. The van der Waals surface area contributed by atoms with Gasteiger partial charge in [0.05, 0.1) is 6.26 Å². The number of ketones is 1. The molecular weight excluding hydrogens is 242 g/mol. The molecule has 4 nitrogen and oxygen atoms in total. The zero-order chi connectivity index (χ0) is 13.7. The van der Waals surface area contributed by atoms with Crippen molar-refractivity contribution in [1.29, 1.82) is 0 Å². The van der Waals surface area contributed by atoms with E-state index in [1.165, 1.54) is 13.0 Å². The lowest BCUT2D eigenvalue weighted by Crippen LogP contribution is -2.06. The number of carbonyl (C=O) groups excluding carboxylic acids is 2. The average molecular weight is 255 g/mol. The third-order valence-electron chi connectivity index (χ3n) is 2.41. The molecule has 0 fully saturated rings. The van der Waals surface area contributed by atoms with Gasteiger partial charge in [0, 0.05) is 18.2 Å². The molecule has 2 rings (SSSR count). The fourth-order valence-electron chi connectivity index (χ4n) is 1.59. The molecule has 2 aromatic rings. The molecule has 96 valence electrons. The number of hydrogen-bond acceptors (Lipinski definition) is 3. The summed E-state index contributed by atoms with van der Waals surface area (Å²) >= 11 is 0. The molecule has 19 heavy (non-hydrogen) atoms. The largest absolute Gasteiger partial charge is 0.465 e. The van der Waals surface area contributed by atoms with Crippen LogP contribution in [0.3, 0.4) is 0 Å². The zero-order valence-corrected chi connectivity index (χ0v) is 10.4. The lowest BCUT2D eigenvalue weighted by Gasteiger charge is -2.03. The molecule has 0 atom stereocenters. The highest BCUT2D eigenvalue weighted by atomic mass is 16.3. The summed E-state index contributed by atoms with van der Waals surface area (Å²) in [6.45, 7) is 1.42. The van der Waals surface area contributed by atoms with Crippen LogP contribution in [0.2, 0.25) is 0 Å². The summed E-state index contributed by atoms with van der Waals surface area (Å²) in [6, 6.07) is 10.3. The van der Waals surface area contributed by atoms with E-state index in [1.807, 2.05) is 0 Å². The second-order valence-electron chi connectivity index (χ2n) is 3.97. The Kier molecular flexibility index (Phi) is 3.93. The molecule has 1 heterocycles. The number of hydrogen-bond donors (Lipinski definition) is 1. The van der Waals surface area contributed by atoms with E-state index in [-0.39, 0.29) is 11.7 Å². The summed E-state index contributed by atoms with van der Waals surface area (Å²) in [5, 5.41) is 2.64. The maximum absolute atomic E-state index is 11.9. The Bertz CT molecular complexity index is 612. The number of benzene rings is 1. The SMILES string of the molecule is CC(=O)Nc1cccc(C(=O)/C=C/c2ccco2)c1. The van der Waals surface area contributed by atoms with Gasteiger partial charge in [-0.1, -0.05) is 12.1 Å². The first-order chi connectivity index (χ1) is 9.15. The normalized spacial score (nSPS) is 10.6. The number of rotatable bonds is 4. The molecule has 1 aromatic carbocycles. The summed E-state index contributed by atoms with van der Waals surface area (Å²) in [5.74, 6) is 0.297.